The minimum Gasteiger partial charge on any atom is -0.395 e. The zero-order chi connectivity index (χ0) is 15.2. The van der Waals surface area contributed by atoms with Crippen molar-refractivity contribution in [1.82, 2.24) is 9.80 Å². The smallest absolute Gasteiger partial charge is 0.270 e. The Balaban J connectivity index is 1.97. The molecule has 1 N–H and O–H groups in total. The van der Waals surface area contributed by atoms with Crippen LogP contribution in [0.25, 0.3) is 0 Å². The fourth-order valence-electron chi connectivity index (χ4n) is 2.57. The van der Waals surface area contributed by atoms with Gasteiger partial charge in [0.1, 0.15) is 0 Å². The normalized spacial score (nSPS) is 17.6. The molecule has 1 aromatic carbocycles. The molecule has 0 radical (unpaired) electrons. The van der Waals surface area contributed by atoms with Crippen molar-refractivity contribution < 1.29 is 10.0 Å². The third kappa shape index (κ3) is 4.64. The molecule has 21 heavy (non-hydrogen) atoms. The predicted octanol–water partition coefficient (Wildman–Crippen LogP) is 1.75. The molecule has 2 rings (SSSR count). The monoisotopic (exact) mass is 313 g/mol. The van der Waals surface area contributed by atoms with Crippen LogP contribution in [0.4, 0.5) is 5.69 Å². The number of aliphatic hydroxyl groups excluding tert-OH is 1. The maximum Gasteiger partial charge on any atom is 0.270 e. The van der Waals surface area contributed by atoms with E-state index >= 15 is 0 Å². The first-order valence-electron chi connectivity index (χ1n) is 7.08. The minimum atomic E-state index is -0.436. The summed E-state index contributed by atoms with van der Waals surface area (Å²) in [5.74, 6) is 0. The number of nitrogens with zero attached hydrogens (tertiary/aromatic N) is 3. The van der Waals surface area contributed by atoms with E-state index in [9.17, 15) is 10.1 Å². The van der Waals surface area contributed by atoms with Crippen LogP contribution in [0, 0.1) is 10.1 Å². The van der Waals surface area contributed by atoms with Gasteiger partial charge in [-0.1, -0.05) is 11.6 Å². The third-order valence-corrected chi connectivity index (χ3v) is 4.09. The number of nitro benzene ring substituents is 1. The van der Waals surface area contributed by atoms with Gasteiger partial charge in [0.15, 0.2) is 0 Å². The Morgan fingerprint density at radius 3 is 2.62 bits per heavy atom. The molecule has 0 saturated carbocycles. The van der Waals surface area contributed by atoms with Gasteiger partial charge in [0.05, 0.1) is 16.6 Å². The number of nitro groups is 1. The second-order valence-corrected chi connectivity index (χ2v) is 5.63. The Morgan fingerprint density at radius 1 is 1.24 bits per heavy atom. The fraction of sp³-hybridized carbons (Fsp3) is 0.571. The molecule has 0 atom stereocenters. The van der Waals surface area contributed by atoms with Gasteiger partial charge in [0.2, 0.25) is 0 Å². The molecule has 1 saturated heterocycles. The van der Waals surface area contributed by atoms with E-state index < -0.39 is 4.92 Å². The zero-order valence-corrected chi connectivity index (χ0v) is 12.6. The highest BCUT2D eigenvalue weighted by atomic mass is 35.5. The first kappa shape index (κ1) is 16.2. The van der Waals surface area contributed by atoms with Crippen LogP contribution in [0.5, 0.6) is 0 Å². The molecule has 1 fully saturated rings. The van der Waals surface area contributed by atoms with E-state index in [1.54, 1.807) is 6.07 Å². The van der Waals surface area contributed by atoms with Gasteiger partial charge in [0, 0.05) is 38.3 Å². The van der Waals surface area contributed by atoms with Crippen molar-refractivity contribution in [3.8, 4) is 0 Å². The largest absolute Gasteiger partial charge is 0.395 e. The van der Waals surface area contributed by atoms with Crippen molar-refractivity contribution in [2.75, 3.05) is 39.3 Å². The minimum absolute atomic E-state index is 0.0220. The SMILES string of the molecule is O=[N+]([O-])c1ccc(CN2CCCN(CCO)CC2)c(Cl)c1. The van der Waals surface area contributed by atoms with Gasteiger partial charge >= 0.3 is 0 Å². The molecular formula is C14H20ClN3O3. The lowest BCUT2D eigenvalue weighted by atomic mass is 10.2. The summed E-state index contributed by atoms with van der Waals surface area (Å²) in [4.78, 5) is 14.8. The molecule has 0 aliphatic carbocycles. The maximum absolute atomic E-state index is 10.7. The van der Waals surface area contributed by atoms with Gasteiger partial charge in [0.25, 0.3) is 5.69 Å². The summed E-state index contributed by atoms with van der Waals surface area (Å²) < 4.78 is 0. The molecule has 0 bridgehead atoms. The zero-order valence-electron chi connectivity index (χ0n) is 11.9. The quantitative estimate of drug-likeness (QED) is 0.662. The summed E-state index contributed by atoms with van der Waals surface area (Å²) >= 11 is 6.14. The molecule has 0 amide bonds. The summed E-state index contributed by atoms with van der Waals surface area (Å²) in [5.41, 5.74) is 0.937. The van der Waals surface area contributed by atoms with Gasteiger partial charge < -0.3 is 5.11 Å². The van der Waals surface area contributed by atoms with Crippen LogP contribution in [0.3, 0.4) is 0 Å². The molecule has 0 spiro atoms. The lowest BCUT2D eigenvalue weighted by molar-refractivity contribution is -0.384. The molecular weight excluding hydrogens is 294 g/mol. The van der Waals surface area contributed by atoms with Crippen LogP contribution in [-0.4, -0.2) is 59.2 Å². The van der Waals surface area contributed by atoms with Crippen LogP contribution in [0.15, 0.2) is 18.2 Å². The molecule has 0 aromatic heterocycles. The van der Waals surface area contributed by atoms with Crippen molar-refractivity contribution in [3.63, 3.8) is 0 Å². The highest BCUT2D eigenvalue weighted by Gasteiger charge is 2.16. The topological polar surface area (TPSA) is 69.9 Å². The molecule has 1 aliphatic heterocycles. The van der Waals surface area contributed by atoms with Crippen molar-refractivity contribution in [2.24, 2.45) is 0 Å². The number of β-amino-alcohol motifs (C(OH)–C–C–N with tert-alkyl or cyclic N) is 1. The summed E-state index contributed by atoms with van der Waals surface area (Å²) in [6.07, 6.45) is 1.05. The summed E-state index contributed by atoms with van der Waals surface area (Å²) in [5, 5.41) is 20.1. The van der Waals surface area contributed by atoms with Crippen LogP contribution < -0.4 is 0 Å². The number of rotatable bonds is 5. The number of hydrogen-bond donors (Lipinski definition) is 1. The van der Waals surface area contributed by atoms with E-state index in [2.05, 4.69) is 9.80 Å². The Kier molecular flexibility index (Phi) is 5.93. The highest BCUT2D eigenvalue weighted by molar-refractivity contribution is 6.31. The Hall–Kier alpha value is -1.21. The van der Waals surface area contributed by atoms with Gasteiger partial charge in [-0.05, 0) is 31.1 Å². The average molecular weight is 314 g/mol. The second kappa shape index (κ2) is 7.70. The Bertz CT molecular complexity index is 498. The van der Waals surface area contributed by atoms with E-state index in [1.807, 2.05) is 0 Å². The van der Waals surface area contributed by atoms with Crippen LogP contribution >= 0.6 is 11.6 Å². The fourth-order valence-corrected chi connectivity index (χ4v) is 2.80. The van der Waals surface area contributed by atoms with Crippen LogP contribution in [0.2, 0.25) is 5.02 Å². The molecule has 7 heteroatoms. The van der Waals surface area contributed by atoms with E-state index in [4.69, 9.17) is 16.7 Å². The number of aliphatic hydroxyl groups is 1. The molecule has 1 heterocycles. The number of benzene rings is 1. The number of non-ortho nitro benzene ring substituents is 1. The number of hydrogen-bond acceptors (Lipinski definition) is 5. The summed E-state index contributed by atoms with van der Waals surface area (Å²) in [6, 6.07) is 4.64. The third-order valence-electron chi connectivity index (χ3n) is 3.74. The van der Waals surface area contributed by atoms with Crippen molar-refractivity contribution >= 4 is 17.3 Å². The van der Waals surface area contributed by atoms with Crippen LogP contribution in [0.1, 0.15) is 12.0 Å². The molecule has 0 unspecified atom stereocenters. The lowest BCUT2D eigenvalue weighted by Gasteiger charge is -2.21. The highest BCUT2D eigenvalue weighted by Crippen LogP contribution is 2.24. The van der Waals surface area contributed by atoms with Gasteiger partial charge in [-0.3, -0.25) is 19.9 Å². The average Bonchev–Trinajstić information content (AvgIpc) is 2.67. The predicted molar refractivity (Wildman–Crippen MR) is 81.5 cm³/mol. The molecule has 6 nitrogen and oxygen atoms in total. The molecule has 1 aliphatic rings. The molecule has 1 aromatic rings. The first-order valence-corrected chi connectivity index (χ1v) is 7.46. The van der Waals surface area contributed by atoms with Crippen LogP contribution in [-0.2, 0) is 6.54 Å². The van der Waals surface area contributed by atoms with Gasteiger partial charge in [-0.25, -0.2) is 0 Å². The maximum atomic E-state index is 10.7. The molecule has 116 valence electrons. The standard InChI is InChI=1S/C14H20ClN3O3/c15-14-10-13(18(20)21)3-2-12(14)11-17-5-1-4-16(6-7-17)8-9-19/h2-3,10,19H,1,4-9,11H2. The van der Waals surface area contributed by atoms with Crippen molar-refractivity contribution in [3.05, 3.63) is 38.9 Å². The van der Waals surface area contributed by atoms with Crippen molar-refractivity contribution in [1.29, 1.82) is 0 Å². The number of halogens is 1. The Labute approximate surface area is 129 Å². The van der Waals surface area contributed by atoms with E-state index in [1.165, 1.54) is 12.1 Å². The van der Waals surface area contributed by atoms with Crippen molar-refractivity contribution in [2.45, 2.75) is 13.0 Å². The summed E-state index contributed by atoms with van der Waals surface area (Å²) in [7, 11) is 0. The second-order valence-electron chi connectivity index (χ2n) is 5.23. The Morgan fingerprint density at radius 2 is 1.95 bits per heavy atom. The first-order chi connectivity index (χ1) is 10.1. The van der Waals surface area contributed by atoms with E-state index in [0.717, 1.165) is 38.2 Å². The summed E-state index contributed by atoms with van der Waals surface area (Å²) in [6.45, 7) is 5.39. The lowest BCUT2D eigenvalue weighted by Crippen LogP contribution is -2.32. The van der Waals surface area contributed by atoms with E-state index in [0.29, 0.717) is 18.1 Å². The van der Waals surface area contributed by atoms with Gasteiger partial charge in [-0.15, -0.1) is 0 Å². The van der Waals surface area contributed by atoms with Gasteiger partial charge in [-0.2, -0.15) is 0 Å². The van der Waals surface area contributed by atoms with E-state index in [-0.39, 0.29) is 12.3 Å².